The van der Waals surface area contributed by atoms with Crippen molar-refractivity contribution in [1.29, 1.82) is 0 Å². The van der Waals surface area contributed by atoms with Crippen LogP contribution in [0, 0.1) is 0 Å². The molecule has 0 radical (unpaired) electrons. The van der Waals surface area contributed by atoms with Crippen LogP contribution in [0.25, 0.3) is 0 Å². The summed E-state index contributed by atoms with van der Waals surface area (Å²) in [6.45, 7) is 4.88. The van der Waals surface area contributed by atoms with Gasteiger partial charge in [0.1, 0.15) is 11.8 Å². The molecule has 14 heavy (non-hydrogen) atoms. The molecule has 0 amide bonds. The van der Waals surface area contributed by atoms with Gasteiger partial charge in [-0.15, -0.1) is 0 Å². The van der Waals surface area contributed by atoms with Crippen molar-refractivity contribution in [1.82, 2.24) is 0 Å². The van der Waals surface area contributed by atoms with Gasteiger partial charge in [-0.1, -0.05) is 12.1 Å². The molecule has 0 aliphatic rings. The zero-order valence-corrected chi connectivity index (χ0v) is 8.10. The normalized spacial score (nSPS) is 12.1. The molecule has 0 aliphatic carbocycles. The predicted octanol–water partition coefficient (Wildman–Crippen LogP) is 1.59. The molecule has 3 heteroatoms. The zero-order chi connectivity index (χ0) is 10.6. The van der Waals surface area contributed by atoms with E-state index in [1.807, 2.05) is 0 Å². The van der Waals surface area contributed by atoms with Gasteiger partial charge in [0.2, 0.25) is 0 Å². The highest BCUT2D eigenvalue weighted by molar-refractivity contribution is 5.82. The second kappa shape index (κ2) is 4.56. The summed E-state index contributed by atoms with van der Waals surface area (Å²) in [5.74, 6) is 0.229. The van der Waals surface area contributed by atoms with Gasteiger partial charge in [-0.05, 0) is 31.3 Å². The molecule has 0 unspecified atom stereocenters. The molecule has 3 nitrogen and oxygen atoms in total. The van der Waals surface area contributed by atoms with E-state index in [-0.39, 0.29) is 17.6 Å². The van der Waals surface area contributed by atoms with Gasteiger partial charge in [0.25, 0.3) is 0 Å². The van der Waals surface area contributed by atoms with Gasteiger partial charge in [-0.2, -0.15) is 0 Å². The Balaban J connectivity index is 2.72. The second-order valence-corrected chi connectivity index (χ2v) is 3.18. The standard InChI is InChI=1S/C11H13NO2/c1-8(13)11(12-2)7-9-3-5-10(14)6-4-9/h3-6,11,14H,2,7H2,1H3/t11-/m0/s1. The lowest BCUT2D eigenvalue weighted by Crippen LogP contribution is -2.17. The number of carbonyl (C=O) groups is 1. The molecule has 0 fully saturated rings. The molecule has 0 saturated heterocycles. The highest BCUT2D eigenvalue weighted by Crippen LogP contribution is 2.12. The number of nitrogens with zero attached hydrogens (tertiary/aromatic N) is 1. The fourth-order valence-electron chi connectivity index (χ4n) is 1.19. The second-order valence-electron chi connectivity index (χ2n) is 3.18. The molecule has 74 valence electrons. The summed E-state index contributed by atoms with van der Waals surface area (Å²) in [7, 11) is 0. The number of Topliss-reactive ketones (excluding diaryl/α,β-unsaturated/α-hetero) is 1. The third-order valence-corrected chi connectivity index (χ3v) is 2.06. The van der Waals surface area contributed by atoms with Gasteiger partial charge in [0.15, 0.2) is 5.78 Å². The summed E-state index contributed by atoms with van der Waals surface area (Å²) in [5, 5.41) is 9.05. The number of benzene rings is 1. The first-order valence-corrected chi connectivity index (χ1v) is 4.37. The molecule has 1 aromatic carbocycles. The predicted molar refractivity (Wildman–Crippen MR) is 55.8 cm³/mol. The van der Waals surface area contributed by atoms with E-state index in [9.17, 15) is 4.79 Å². The number of phenols is 1. The molecule has 0 aromatic heterocycles. The lowest BCUT2D eigenvalue weighted by atomic mass is 10.0. The molecular weight excluding hydrogens is 178 g/mol. The minimum atomic E-state index is -0.375. The molecule has 0 saturated carbocycles. The third-order valence-electron chi connectivity index (χ3n) is 2.06. The van der Waals surface area contributed by atoms with E-state index in [1.165, 1.54) is 6.92 Å². The first kappa shape index (κ1) is 10.4. The average molecular weight is 191 g/mol. The van der Waals surface area contributed by atoms with Crippen LogP contribution in [0.4, 0.5) is 0 Å². The lowest BCUT2D eigenvalue weighted by Gasteiger charge is -2.07. The fourth-order valence-corrected chi connectivity index (χ4v) is 1.19. The van der Waals surface area contributed by atoms with E-state index in [2.05, 4.69) is 11.7 Å². The Morgan fingerprint density at radius 2 is 2.07 bits per heavy atom. The van der Waals surface area contributed by atoms with Crippen molar-refractivity contribution in [2.75, 3.05) is 0 Å². The number of phenolic OH excluding ortho intramolecular Hbond substituents is 1. The van der Waals surface area contributed by atoms with Gasteiger partial charge in [0, 0.05) is 6.42 Å². The van der Waals surface area contributed by atoms with Crippen LogP contribution in [-0.2, 0) is 11.2 Å². The first-order valence-electron chi connectivity index (χ1n) is 4.37. The van der Waals surface area contributed by atoms with E-state index >= 15 is 0 Å². The average Bonchev–Trinajstić information content (AvgIpc) is 2.16. The van der Waals surface area contributed by atoms with Crippen molar-refractivity contribution in [2.45, 2.75) is 19.4 Å². The molecule has 1 N–H and O–H groups in total. The monoisotopic (exact) mass is 191 g/mol. The van der Waals surface area contributed by atoms with E-state index in [0.29, 0.717) is 6.42 Å². The molecular formula is C11H13NO2. The number of ketones is 1. The van der Waals surface area contributed by atoms with Crippen LogP contribution in [-0.4, -0.2) is 23.6 Å². The topological polar surface area (TPSA) is 49.7 Å². The Hall–Kier alpha value is -1.64. The minimum absolute atomic E-state index is 0.00748. The van der Waals surface area contributed by atoms with Crippen LogP contribution in [0.5, 0.6) is 5.75 Å². The maximum absolute atomic E-state index is 11.1. The Morgan fingerprint density at radius 1 is 1.50 bits per heavy atom. The number of aliphatic imine (C=N–C) groups is 1. The smallest absolute Gasteiger partial charge is 0.154 e. The van der Waals surface area contributed by atoms with Crippen molar-refractivity contribution in [3.05, 3.63) is 29.8 Å². The van der Waals surface area contributed by atoms with Gasteiger partial charge in [-0.25, -0.2) is 0 Å². The van der Waals surface area contributed by atoms with E-state index in [1.54, 1.807) is 24.3 Å². The summed E-state index contributed by atoms with van der Waals surface area (Å²) in [6, 6.07) is 6.36. The molecule has 0 heterocycles. The van der Waals surface area contributed by atoms with E-state index in [0.717, 1.165) is 5.56 Å². The Kier molecular flexibility index (Phi) is 3.40. The van der Waals surface area contributed by atoms with Crippen molar-refractivity contribution in [3.8, 4) is 5.75 Å². The number of hydrogen-bond donors (Lipinski definition) is 1. The van der Waals surface area contributed by atoms with Crippen LogP contribution in [0.3, 0.4) is 0 Å². The number of aromatic hydroxyl groups is 1. The Morgan fingerprint density at radius 3 is 2.50 bits per heavy atom. The Bertz CT molecular complexity index is 330. The SMILES string of the molecule is C=N[C@@H](Cc1ccc(O)cc1)C(C)=O. The summed E-state index contributed by atoms with van der Waals surface area (Å²) in [4.78, 5) is 14.8. The van der Waals surface area contributed by atoms with Crippen LogP contribution in [0.2, 0.25) is 0 Å². The minimum Gasteiger partial charge on any atom is -0.508 e. The van der Waals surface area contributed by atoms with E-state index < -0.39 is 0 Å². The largest absolute Gasteiger partial charge is 0.508 e. The van der Waals surface area contributed by atoms with Gasteiger partial charge in [-0.3, -0.25) is 9.79 Å². The summed E-state index contributed by atoms with van der Waals surface area (Å²) in [6.07, 6.45) is 0.541. The first-order chi connectivity index (χ1) is 6.63. The molecule has 0 bridgehead atoms. The van der Waals surface area contributed by atoms with Gasteiger partial charge < -0.3 is 5.11 Å². The molecule has 0 aliphatic heterocycles. The van der Waals surface area contributed by atoms with E-state index in [4.69, 9.17) is 5.11 Å². The molecule has 1 atom stereocenters. The van der Waals surface area contributed by atoms with Crippen molar-refractivity contribution >= 4 is 12.5 Å². The number of carbonyl (C=O) groups excluding carboxylic acids is 1. The van der Waals surface area contributed by atoms with Gasteiger partial charge in [0.05, 0.1) is 0 Å². The highest BCUT2D eigenvalue weighted by Gasteiger charge is 2.11. The number of rotatable bonds is 4. The molecule has 1 rings (SSSR count). The zero-order valence-electron chi connectivity index (χ0n) is 8.10. The van der Waals surface area contributed by atoms with Crippen molar-refractivity contribution in [2.24, 2.45) is 4.99 Å². The number of hydrogen-bond acceptors (Lipinski definition) is 3. The third kappa shape index (κ3) is 2.69. The molecule has 1 aromatic rings. The highest BCUT2D eigenvalue weighted by atomic mass is 16.3. The van der Waals surface area contributed by atoms with Crippen LogP contribution < -0.4 is 0 Å². The van der Waals surface area contributed by atoms with Crippen LogP contribution >= 0.6 is 0 Å². The molecule has 0 spiro atoms. The maximum Gasteiger partial charge on any atom is 0.154 e. The summed E-state index contributed by atoms with van der Waals surface area (Å²) < 4.78 is 0. The Labute approximate surface area is 83.1 Å². The maximum atomic E-state index is 11.1. The summed E-state index contributed by atoms with van der Waals surface area (Å²) >= 11 is 0. The lowest BCUT2D eigenvalue weighted by molar-refractivity contribution is -0.118. The van der Waals surface area contributed by atoms with Gasteiger partial charge >= 0.3 is 0 Å². The van der Waals surface area contributed by atoms with Crippen LogP contribution in [0.15, 0.2) is 29.3 Å². The summed E-state index contributed by atoms with van der Waals surface area (Å²) in [5.41, 5.74) is 0.968. The van der Waals surface area contributed by atoms with Crippen molar-refractivity contribution < 1.29 is 9.90 Å². The van der Waals surface area contributed by atoms with Crippen LogP contribution in [0.1, 0.15) is 12.5 Å². The quantitative estimate of drug-likeness (QED) is 0.735. The fraction of sp³-hybridized carbons (Fsp3) is 0.273. The van der Waals surface area contributed by atoms with Crippen molar-refractivity contribution in [3.63, 3.8) is 0 Å².